The summed E-state index contributed by atoms with van der Waals surface area (Å²) >= 11 is 6.06. The largest absolute Gasteiger partial charge is 0.381 e. The van der Waals surface area contributed by atoms with E-state index in [4.69, 9.17) is 21.3 Å². The minimum absolute atomic E-state index is 0.412. The first kappa shape index (κ1) is 16.1. The molecule has 2 aliphatic rings. The van der Waals surface area contributed by atoms with E-state index < -0.39 is 0 Å². The summed E-state index contributed by atoms with van der Waals surface area (Å²) in [5.41, 5.74) is 3.37. The Morgan fingerprint density at radius 3 is 2.77 bits per heavy atom. The lowest BCUT2D eigenvalue weighted by atomic mass is 9.92. The third-order valence-corrected chi connectivity index (χ3v) is 5.75. The minimum atomic E-state index is 0.412. The summed E-state index contributed by atoms with van der Waals surface area (Å²) < 4.78 is 5.48. The number of imidazole rings is 1. The summed E-state index contributed by atoms with van der Waals surface area (Å²) in [7, 11) is 0. The molecule has 2 aromatic heterocycles. The van der Waals surface area contributed by atoms with Gasteiger partial charge in [0, 0.05) is 37.5 Å². The summed E-state index contributed by atoms with van der Waals surface area (Å²) in [4.78, 5) is 15.1. The Labute approximate surface area is 157 Å². The first-order valence-electron chi connectivity index (χ1n) is 9.20. The van der Waals surface area contributed by atoms with Gasteiger partial charge in [0.05, 0.1) is 17.0 Å². The van der Waals surface area contributed by atoms with Crippen molar-refractivity contribution in [2.75, 3.05) is 31.2 Å². The number of H-pyrrole nitrogens is 1. The molecular weight excluding hydrogens is 348 g/mol. The fraction of sp³-hybridized carbons (Fsp3) is 0.400. The molecule has 5 rings (SSSR count). The number of nitrogens with zero attached hydrogens (tertiary/aromatic N) is 3. The van der Waals surface area contributed by atoms with Crippen LogP contribution >= 0.6 is 11.6 Å². The lowest BCUT2D eigenvalue weighted by molar-refractivity contribution is 0.0853. The van der Waals surface area contributed by atoms with E-state index >= 15 is 0 Å². The Morgan fingerprint density at radius 1 is 1.08 bits per heavy atom. The first-order chi connectivity index (χ1) is 12.8. The van der Waals surface area contributed by atoms with Gasteiger partial charge in [-0.3, -0.25) is 0 Å². The van der Waals surface area contributed by atoms with Crippen LogP contribution in [0.3, 0.4) is 0 Å². The number of hydrogen-bond acceptors (Lipinski definition) is 4. The van der Waals surface area contributed by atoms with Gasteiger partial charge in [-0.15, -0.1) is 0 Å². The number of halogens is 1. The molecule has 0 amide bonds. The van der Waals surface area contributed by atoms with Gasteiger partial charge in [-0.2, -0.15) is 0 Å². The zero-order chi connectivity index (χ0) is 17.5. The molecule has 0 bridgehead atoms. The van der Waals surface area contributed by atoms with Crippen molar-refractivity contribution in [3.05, 3.63) is 52.9 Å². The molecule has 0 radical (unpaired) electrons. The van der Waals surface area contributed by atoms with Crippen molar-refractivity contribution in [2.45, 2.75) is 24.7 Å². The third-order valence-electron chi connectivity index (χ3n) is 5.52. The fourth-order valence-electron chi connectivity index (χ4n) is 3.92. The van der Waals surface area contributed by atoms with Crippen molar-refractivity contribution < 1.29 is 4.74 Å². The van der Waals surface area contributed by atoms with Gasteiger partial charge < -0.3 is 14.6 Å². The highest BCUT2D eigenvalue weighted by molar-refractivity contribution is 6.31. The van der Waals surface area contributed by atoms with Gasteiger partial charge in [-0.25, -0.2) is 9.97 Å². The standard InChI is InChI=1S/C20H21ClN4O/c21-16-1-2-17-18(10-16)24-20(23-17)15-11-25(12-15)19-9-14(3-6-22-19)13-4-7-26-8-5-13/h1-3,6,9-10,13,15H,4-5,7-8,11-12H2,(H,23,24). The molecule has 0 unspecified atom stereocenters. The number of pyridine rings is 1. The number of aromatic amines is 1. The van der Waals surface area contributed by atoms with Crippen LogP contribution in [0.2, 0.25) is 5.02 Å². The topological polar surface area (TPSA) is 54.0 Å². The molecule has 3 aromatic rings. The molecule has 0 atom stereocenters. The van der Waals surface area contributed by atoms with E-state index in [0.29, 0.717) is 11.8 Å². The number of hydrogen-bond donors (Lipinski definition) is 1. The first-order valence-corrected chi connectivity index (χ1v) is 9.58. The van der Waals surface area contributed by atoms with Gasteiger partial charge in [-0.05, 0) is 54.7 Å². The normalized spacial score (nSPS) is 19.0. The Bertz CT molecular complexity index is 928. The number of aromatic nitrogens is 3. The summed E-state index contributed by atoms with van der Waals surface area (Å²) in [6, 6.07) is 10.2. The van der Waals surface area contributed by atoms with Crippen LogP contribution in [0, 0.1) is 0 Å². The average Bonchev–Trinajstić information content (AvgIpc) is 3.04. The maximum Gasteiger partial charge on any atom is 0.128 e. The Hall–Kier alpha value is -2.11. The van der Waals surface area contributed by atoms with Gasteiger partial charge >= 0.3 is 0 Å². The molecule has 0 saturated carbocycles. The van der Waals surface area contributed by atoms with Crippen LogP contribution in [0.25, 0.3) is 11.0 Å². The molecular formula is C20H21ClN4O. The predicted molar refractivity (Wildman–Crippen MR) is 103 cm³/mol. The molecule has 1 N–H and O–H groups in total. The van der Waals surface area contributed by atoms with Crippen LogP contribution in [0.1, 0.15) is 36.1 Å². The van der Waals surface area contributed by atoms with E-state index in [1.165, 1.54) is 5.56 Å². The molecule has 2 fully saturated rings. The molecule has 6 heteroatoms. The lowest BCUT2D eigenvalue weighted by Crippen LogP contribution is -2.46. The number of rotatable bonds is 3. The Morgan fingerprint density at radius 2 is 1.92 bits per heavy atom. The molecule has 2 aliphatic heterocycles. The molecule has 0 spiro atoms. The number of anilines is 1. The molecule has 1 aromatic carbocycles. The zero-order valence-corrected chi connectivity index (χ0v) is 15.2. The van der Waals surface area contributed by atoms with E-state index in [2.05, 4.69) is 27.0 Å². The summed E-state index contributed by atoms with van der Waals surface area (Å²) in [6.07, 6.45) is 4.15. The molecule has 5 nitrogen and oxygen atoms in total. The Kier molecular flexibility index (Phi) is 4.06. The second kappa shape index (κ2) is 6.56. The quantitative estimate of drug-likeness (QED) is 0.755. The molecule has 134 valence electrons. The van der Waals surface area contributed by atoms with E-state index in [9.17, 15) is 0 Å². The van der Waals surface area contributed by atoms with Gasteiger partial charge in [0.25, 0.3) is 0 Å². The van der Waals surface area contributed by atoms with Crippen molar-refractivity contribution >= 4 is 28.5 Å². The monoisotopic (exact) mass is 368 g/mol. The van der Waals surface area contributed by atoms with Crippen molar-refractivity contribution in [3.8, 4) is 0 Å². The van der Waals surface area contributed by atoms with Crippen LogP contribution in [0.15, 0.2) is 36.5 Å². The summed E-state index contributed by atoms with van der Waals surface area (Å²) in [5, 5.41) is 0.722. The molecule has 26 heavy (non-hydrogen) atoms. The maximum atomic E-state index is 6.06. The average molecular weight is 369 g/mol. The van der Waals surface area contributed by atoms with E-state index in [0.717, 1.165) is 66.8 Å². The predicted octanol–water partition coefficient (Wildman–Crippen LogP) is 4.11. The van der Waals surface area contributed by atoms with E-state index in [1.54, 1.807) is 0 Å². The van der Waals surface area contributed by atoms with Gasteiger partial charge in [-0.1, -0.05) is 11.6 Å². The second-order valence-electron chi connectivity index (χ2n) is 7.22. The van der Waals surface area contributed by atoms with Crippen LogP contribution in [-0.4, -0.2) is 41.3 Å². The lowest BCUT2D eigenvalue weighted by Gasteiger charge is -2.39. The molecule has 2 saturated heterocycles. The number of nitrogens with one attached hydrogen (secondary N) is 1. The number of benzene rings is 1. The number of ether oxygens (including phenoxy) is 1. The van der Waals surface area contributed by atoms with Gasteiger partial charge in [0.2, 0.25) is 0 Å². The Balaban J connectivity index is 1.30. The highest BCUT2D eigenvalue weighted by Gasteiger charge is 2.31. The van der Waals surface area contributed by atoms with Crippen LogP contribution < -0.4 is 4.90 Å². The highest BCUT2D eigenvalue weighted by atomic mass is 35.5. The van der Waals surface area contributed by atoms with Crippen LogP contribution in [-0.2, 0) is 4.74 Å². The molecule has 4 heterocycles. The van der Waals surface area contributed by atoms with Crippen LogP contribution in [0.5, 0.6) is 0 Å². The van der Waals surface area contributed by atoms with Gasteiger partial charge in [0.15, 0.2) is 0 Å². The summed E-state index contributed by atoms with van der Waals surface area (Å²) in [6.45, 7) is 3.62. The number of fused-ring (bicyclic) bond motifs is 1. The smallest absolute Gasteiger partial charge is 0.128 e. The third kappa shape index (κ3) is 2.95. The minimum Gasteiger partial charge on any atom is -0.381 e. The SMILES string of the molecule is Clc1ccc2[nH]c(C3CN(c4cc(C5CCOCC5)ccn4)C3)nc2c1. The maximum absolute atomic E-state index is 6.06. The second-order valence-corrected chi connectivity index (χ2v) is 7.66. The zero-order valence-electron chi connectivity index (χ0n) is 14.5. The fourth-order valence-corrected chi connectivity index (χ4v) is 4.09. The van der Waals surface area contributed by atoms with Crippen LogP contribution in [0.4, 0.5) is 5.82 Å². The van der Waals surface area contributed by atoms with Crippen molar-refractivity contribution in [1.82, 2.24) is 15.0 Å². The van der Waals surface area contributed by atoms with E-state index in [1.807, 2.05) is 24.4 Å². The van der Waals surface area contributed by atoms with Crippen molar-refractivity contribution in [2.24, 2.45) is 0 Å². The molecule has 0 aliphatic carbocycles. The van der Waals surface area contributed by atoms with Gasteiger partial charge in [0.1, 0.15) is 11.6 Å². The van der Waals surface area contributed by atoms with E-state index in [-0.39, 0.29) is 0 Å². The highest BCUT2D eigenvalue weighted by Crippen LogP contribution is 2.33. The van der Waals surface area contributed by atoms with Crippen molar-refractivity contribution in [3.63, 3.8) is 0 Å². The summed E-state index contributed by atoms with van der Waals surface area (Å²) in [5.74, 6) is 3.13. The van der Waals surface area contributed by atoms with Crippen molar-refractivity contribution in [1.29, 1.82) is 0 Å².